The third-order valence-corrected chi connectivity index (χ3v) is 7.37. The zero-order valence-corrected chi connectivity index (χ0v) is 19.7. The Morgan fingerprint density at radius 3 is 2.56 bits per heavy atom. The summed E-state index contributed by atoms with van der Waals surface area (Å²) in [6.45, 7) is 4.01. The Bertz CT molecular complexity index is 1090. The number of aryl methyl sites for hydroxylation is 2. The van der Waals surface area contributed by atoms with Crippen LogP contribution in [0.15, 0.2) is 24.3 Å². The molecule has 1 N–H and O–H groups in total. The SMILES string of the molecule is [2H]C([2H])([C@H]1CCCCO1)N1CC2CC(Nc3nnc(-c4cc(C)ccc4C)cc3C(F)(F)F)CC2C1. The zero-order chi connectivity index (χ0) is 25.7. The number of nitrogens with zero attached hydrogens (tertiary/aromatic N) is 3. The second-order valence-corrected chi connectivity index (χ2v) is 10.0. The lowest BCUT2D eigenvalue weighted by molar-refractivity contribution is -0.137. The highest BCUT2D eigenvalue weighted by Crippen LogP contribution is 2.41. The van der Waals surface area contributed by atoms with Gasteiger partial charge in [-0.2, -0.15) is 13.2 Å². The summed E-state index contributed by atoms with van der Waals surface area (Å²) in [4.78, 5) is 1.88. The number of nitrogens with one attached hydrogen (secondary N) is 1. The Morgan fingerprint density at radius 2 is 1.88 bits per heavy atom. The first-order valence-corrected chi connectivity index (χ1v) is 12.2. The monoisotopic (exact) mass is 476 g/mol. The van der Waals surface area contributed by atoms with Gasteiger partial charge >= 0.3 is 6.18 Å². The maximum absolute atomic E-state index is 14.0. The van der Waals surface area contributed by atoms with Gasteiger partial charge in [0.1, 0.15) is 5.56 Å². The van der Waals surface area contributed by atoms with Crippen LogP contribution in [0.25, 0.3) is 11.3 Å². The molecule has 0 spiro atoms. The van der Waals surface area contributed by atoms with Crippen LogP contribution >= 0.6 is 0 Å². The summed E-state index contributed by atoms with van der Waals surface area (Å²) < 4.78 is 65.1. The minimum absolute atomic E-state index is 0.152. The average Bonchev–Trinajstić information content (AvgIpc) is 3.40. The molecule has 0 amide bonds. The van der Waals surface area contributed by atoms with Gasteiger partial charge in [0.2, 0.25) is 0 Å². The van der Waals surface area contributed by atoms with Gasteiger partial charge < -0.3 is 15.0 Å². The van der Waals surface area contributed by atoms with Gasteiger partial charge in [0.15, 0.2) is 5.82 Å². The van der Waals surface area contributed by atoms with Crippen LogP contribution in [0.3, 0.4) is 0 Å². The van der Waals surface area contributed by atoms with Gasteiger partial charge in [-0.1, -0.05) is 17.7 Å². The zero-order valence-electron chi connectivity index (χ0n) is 21.7. The Balaban J connectivity index is 1.29. The fourth-order valence-electron chi connectivity index (χ4n) is 5.62. The number of halogens is 3. The van der Waals surface area contributed by atoms with Crippen molar-refractivity contribution in [3.05, 3.63) is 41.0 Å². The third-order valence-electron chi connectivity index (χ3n) is 7.37. The summed E-state index contributed by atoms with van der Waals surface area (Å²) in [5.74, 6) is 0.236. The molecule has 3 atom stereocenters. The average molecular weight is 477 g/mol. The van der Waals surface area contributed by atoms with Crippen molar-refractivity contribution in [2.45, 2.75) is 64.3 Å². The number of anilines is 1. The van der Waals surface area contributed by atoms with E-state index in [4.69, 9.17) is 7.48 Å². The van der Waals surface area contributed by atoms with E-state index < -0.39 is 24.3 Å². The topological polar surface area (TPSA) is 50.3 Å². The first-order chi connectivity index (χ1) is 17.0. The second-order valence-electron chi connectivity index (χ2n) is 10.0. The van der Waals surface area contributed by atoms with Crippen LogP contribution in [0.1, 0.15) is 51.5 Å². The summed E-state index contributed by atoms with van der Waals surface area (Å²) in [6.07, 6.45) is -0.951. The fourth-order valence-corrected chi connectivity index (χ4v) is 5.62. The fraction of sp³-hybridized carbons (Fsp3) is 0.615. The summed E-state index contributed by atoms with van der Waals surface area (Å²) in [6, 6.07) is 6.55. The van der Waals surface area contributed by atoms with Crippen LogP contribution in [-0.2, 0) is 10.9 Å². The molecule has 1 aromatic carbocycles. The Hall–Kier alpha value is -2.19. The number of aromatic nitrogens is 2. The molecule has 2 saturated heterocycles. The highest BCUT2D eigenvalue weighted by atomic mass is 19.4. The molecule has 2 aliphatic heterocycles. The Labute approximate surface area is 201 Å². The molecule has 2 unspecified atom stereocenters. The predicted octanol–water partition coefficient (Wildman–Crippen LogP) is 5.47. The second kappa shape index (κ2) is 9.46. The maximum atomic E-state index is 14.0. The lowest BCUT2D eigenvalue weighted by Crippen LogP contribution is -2.35. The van der Waals surface area contributed by atoms with Crippen molar-refractivity contribution in [3.8, 4) is 11.3 Å². The molecule has 0 bridgehead atoms. The van der Waals surface area contributed by atoms with Gasteiger partial charge in [-0.25, -0.2) is 0 Å². The maximum Gasteiger partial charge on any atom is 0.420 e. The van der Waals surface area contributed by atoms with E-state index in [1.165, 1.54) is 0 Å². The molecule has 5 rings (SSSR count). The van der Waals surface area contributed by atoms with Crippen LogP contribution in [-0.4, -0.2) is 53.4 Å². The van der Waals surface area contributed by atoms with E-state index in [0.29, 0.717) is 38.1 Å². The molecular weight excluding hydrogens is 441 g/mol. The summed E-state index contributed by atoms with van der Waals surface area (Å²) in [5, 5.41) is 11.2. The van der Waals surface area contributed by atoms with Gasteiger partial charge in [-0.15, -0.1) is 10.2 Å². The van der Waals surface area contributed by atoms with Crippen molar-refractivity contribution >= 4 is 5.82 Å². The first-order valence-electron chi connectivity index (χ1n) is 13.2. The number of ether oxygens (including phenoxy) is 1. The lowest BCUT2D eigenvalue weighted by Gasteiger charge is -2.28. The van der Waals surface area contributed by atoms with Gasteiger partial charge in [-0.3, -0.25) is 0 Å². The number of benzene rings is 1. The first kappa shape index (κ1) is 21.1. The van der Waals surface area contributed by atoms with E-state index in [1.54, 1.807) is 0 Å². The normalized spacial score (nSPS) is 29.0. The molecule has 1 aromatic heterocycles. The van der Waals surface area contributed by atoms with E-state index in [-0.39, 0.29) is 29.4 Å². The van der Waals surface area contributed by atoms with Gasteiger partial charge in [0, 0.05) is 40.5 Å². The largest absolute Gasteiger partial charge is 0.420 e. The molecule has 1 saturated carbocycles. The van der Waals surface area contributed by atoms with Crippen LogP contribution in [0.4, 0.5) is 19.0 Å². The van der Waals surface area contributed by atoms with Crippen molar-refractivity contribution < 1.29 is 20.6 Å². The van der Waals surface area contributed by atoms with Gasteiger partial charge in [0.05, 0.1) is 11.8 Å². The standard InChI is InChI=1S/C26H33F3N4O/c1-16-6-7-17(2)22(9-16)24-12-23(26(27,28)29)25(32-31-24)30-20-10-18-13-33(14-19(18)11-20)15-21-5-3-4-8-34-21/h6-7,9,12,18-21H,3-5,8,10-11,13-15H2,1-2H3,(H,30,32)/t18?,19?,20?,21-/m1/s1/i15D2. The number of likely N-dealkylation sites (tertiary alicyclic amines) is 1. The van der Waals surface area contributed by atoms with E-state index in [2.05, 4.69) is 15.5 Å². The van der Waals surface area contributed by atoms with Crippen molar-refractivity contribution in [1.82, 2.24) is 15.1 Å². The highest BCUT2D eigenvalue weighted by molar-refractivity contribution is 5.66. The van der Waals surface area contributed by atoms with Crippen LogP contribution in [0.2, 0.25) is 0 Å². The molecule has 3 fully saturated rings. The molecule has 3 heterocycles. The highest BCUT2D eigenvalue weighted by Gasteiger charge is 2.43. The van der Waals surface area contributed by atoms with Crippen LogP contribution in [0.5, 0.6) is 0 Å². The summed E-state index contributed by atoms with van der Waals surface area (Å²) in [7, 11) is 0. The summed E-state index contributed by atoms with van der Waals surface area (Å²) >= 11 is 0. The molecule has 0 radical (unpaired) electrons. The van der Waals surface area contributed by atoms with Crippen LogP contribution in [0, 0.1) is 25.7 Å². The number of hydrogen-bond donors (Lipinski definition) is 1. The molecule has 34 heavy (non-hydrogen) atoms. The molecule has 184 valence electrons. The molecular formula is C26H33F3N4O. The molecule has 2 aromatic rings. The lowest BCUT2D eigenvalue weighted by atomic mass is 10.0. The predicted molar refractivity (Wildman–Crippen MR) is 126 cm³/mol. The Morgan fingerprint density at radius 1 is 1.12 bits per heavy atom. The number of rotatable bonds is 5. The molecule has 8 heteroatoms. The minimum Gasteiger partial charge on any atom is -0.377 e. The number of hydrogen-bond acceptors (Lipinski definition) is 5. The van der Waals surface area contributed by atoms with Crippen LogP contribution < -0.4 is 5.32 Å². The van der Waals surface area contributed by atoms with E-state index in [0.717, 1.165) is 36.5 Å². The summed E-state index contributed by atoms with van der Waals surface area (Å²) in [5.41, 5.74) is 1.83. The number of alkyl halides is 3. The van der Waals surface area contributed by atoms with Gasteiger partial charge in [-0.05, 0) is 75.5 Å². The molecule has 5 nitrogen and oxygen atoms in total. The van der Waals surface area contributed by atoms with Crippen molar-refractivity contribution in [1.29, 1.82) is 0 Å². The number of fused-ring (bicyclic) bond motifs is 1. The quantitative estimate of drug-likeness (QED) is 0.620. The van der Waals surface area contributed by atoms with Crippen molar-refractivity contribution in [2.75, 3.05) is 31.5 Å². The molecule has 1 aliphatic carbocycles. The van der Waals surface area contributed by atoms with E-state index in [9.17, 15) is 13.2 Å². The minimum atomic E-state index is -4.56. The molecule has 3 aliphatic rings. The van der Waals surface area contributed by atoms with E-state index in [1.807, 2.05) is 36.9 Å². The van der Waals surface area contributed by atoms with Crippen molar-refractivity contribution in [2.24, 2.45) is 11.8 Å². The third kappa shape index (κ3) is 5.08. The van der Waals surface area contributed by atoms with Crippen molar-refractivity contribution in [3.63, 3.8) is 0 Å². The Kier molecular flexibility index (Phi) is 5.87. The smallest absolute Gasteiger partial charge is 0.377 e. The van der Waals surface area contributed by atoms with Gasteiger partial charge in [0.25, 0.3) is 0 Å². The van der Waals surface area contributed by atoms with E-state index >= 15 is 0 Å².